The van der Waals surface area contributed by atoms with Gasteiger partial charge in [-0.05, 0) is 43.9 Å². The molecule has 0 unspecified atom stereocenters. The van der Waals surface area contributed by atoms with E-state index in [0.29, 0.717) is 18.7 Å². The summed E-state index contributed by atoms with van der Waals surface area (Å²) in [5.41, 5.74) is 1.57. The maximum Gasteiger partial charge on any atom is 0.253 e. The largest absolute Gasteiger partial charge is 0.345 e. The highest BCUT2D eigenvalue weighted by atomic mass is 16.2. The second-order valence-corrected chi connectivity index (χ2v) is 9.83. The van der Waals surface area contributed by atoms with E-state index in [2.05, 4.69) is 11.0 Å². The Kier molecular flexibility index (Phi) is 6.44. The van der Waals surface area contributed by atoms with Crippen molar-refractivity contribution in [3.8, 4) is 6.07 Å². The third-order valence-corrected chi connectivity index (χ3v) is 7.37. The standard InChI is InChI=1S/C25H33N5O3/c1-16(23(31)29-10-6-9-20(29)13-26)14-28-15-21-12-22(28)25(33)30(21)17(2)18-7-5-8-19(11-18)24(32)27(3)4/h5,7-8,11,16-17,20-22H,6,9-10,12,14-15H2,1-4H3/t16-,17+,20-,21-,22-/m0/s1. The normalized spacial score (nSPS) is 26.4. The van der Waals surface area contributed by atoms with Crippen molar-refractivity contribution >= 4 is 17.7 Å². The zero-order valence-electron chi connectivity index (χ0n) is 19.9. The van der Waals surface area contributed by atoms with E-state index in [1.54, 1.807) is 30.0 Å². The van der Waals surface area contributed by atoms with Gasteiger partial charge in [0, 0.05) is 51.3 Å². The van der Waals surface area contributed by atoms with E-state index in [1.165, 1.54) is 0 Å². The highest BCUT2D eigenvalue weighted by Gasteiger charge is 2.51. The summed E-state index contributed by atoms with van der Waals surface area (Å²) in [6, 6.07) is 9.22. The zero-order valence-corrected chi connectivity index (χ0v) is 19.9. The number of rotatable bonds is 6. The van der Waals surface area contributed by atoms with E-state index in [4.69, 9.17) is 0 Å². The van der Waals surface area contributed by atoms with Crippen molar-refractivity contribution < 1.29 is 14.4 Å². The van der Waals surface area contributed by atoms with Gasteiger partial charge in [-0.1, -0.05) is 19.1 Å². The van der Waals surface area contributed by atoms with Crippen molar-refractivity contribution in [3.63, 3.8) is 0 Å². The molecule has 5 atom stereocenters. The monoisotopic (exact) mass is 451 g/mol. The molecule has 3 heterocycles. The van der Waals surface area contributed by atoms with Gasteiger partial charge in [0.25, 0.3) is 5.91 Å². The fourth-order valence-corrected chi connectivity index (χ4v) is 5.63. The third kappa shape index (κ3) is 4.22. The van der Waals surface area contributed by atoms with Crippen LogP contribution in [0.1, 0.15) is 55.1 Å². The minimum atomic E-state index is -0.317. The van der Waals surface area contributed by atoms with Crippen LogP contribution in [0.4, 0.5) is 0 Å². The summed E-state index contributed by atoms with van der Waals surface area (Å²) in [4.78, 5) is 45.9. The van der Waals surface area contributed by atoms with Crippen LogP contribution in [0.3, 0.4) is 0 Å². The van der Waals surface area contributed by atoms with Gasteiger partial charge in [0.1, 0.15) is 6.04 Å². The number of fused-ring (bicyclic) bond motifs is 2. The molecular weight excluding hydrogens is 418 g/mol. The van der Waals surface area contributed by atoms with E-state index in [-0.39, 0.29) is 47.8 Å². The lowest BCUT2D eigenvalue weighted by molar-refractivity contribution is -0.142. The average Bonchev–Trinajstić information content (AvgIpc) is 3.52. The Morgan fingerprint density at radius 3 is 2.70 bits per heavy atom. The number of hydrogen-bond donors (Lipinski definition) is 0. The summed E-state index contributed by atoms with van der Waals surface area (Å²) in [6.45, 7) is 5.85. The first-order valence-corrected chi connectivity index (χ1v) is 11.8. The van der Waals surface area contributed by atoms with E-state index in [9.17, 15) is 19.6 Å². The smallest absolute Gasteiger partial charge is 0.253 e. The predicted octanol–water partition coefficient (Wildman–Crippen LogP) is 1.89. The summed E-state index contributed by atoms with van der Waals surface area (Å²) in [7, 11) is 3.46. The molecule has 0 aliphatic carbocycles. The minimum Gasteiger partial charge on any atom is -0.345 e. The van der Waals surface area contributed by atoms with E-state index < -0.39 is 0 Å². The Labute approximate surface area is 195 Å². The molecule has 0 saturated carbocycles. The third-order valence-electron chi connectivity index (χ3n) is 7.37. The van der Waals surface area contributed by atoms with Gasteiger partial charge in [-0.25, -0.2) is 0 Å². The lowest BCUT2D eigenvalue weighted by Gasteiger charge is -2.38. The molecule has 1 aromatic carbocycles. The maximum atomic E-state index is 13.3. The molecule has 33 heavy (non-hydrogen) atoms. The van der Waals surface area contributed by atoms with Crippen molar-refractivity contribution in [1.82, 2.24) is 19.6 Å². The fraction of sp³-hybridized carbons (Fsp3) is 0.600. The van der Waals surface area contributed by atoms with Gasteiger partial charge in [-0.15, -0.1) is 0 Å². The number of carbonyl (C=O) groups excluding carboxylic acids is 3. The van der Waals surface area contributed by atoms with Crippen LogP contribution < -0.4 is 0 Å². The lowest BCUT2D eigenvalue weighted by atomic mass is 10.0. The molecule has 0 radical (unpaired) electrons. The van der Waals surface area contributed by atoms with Gasteiger partial charge >= 0.3 is 0 Å². The number of nitrogens with zero attached hydrogens (tertiary/aromatic N) is 5. The molecule has 3 saturated heterocycles. The van der Waals surface area contributed by atoms with Crippen LogP contribution in [0.5, 0.6) is 0 Å². The molecule has 1 aromatic rings. The van der Waals surface area contributed by atoms with Crippen LogP contribution in [-0.2, 0) is 9.59 Å². The van der Waals surface area contributed by atoms with E-state index >= 15 is 0 Å². The van der Waals surface area contributed by atoms with Crippen molar-refractivity contribution in [3.05, 3.63) is 35.4 Å². The van der Waals surface area contributed by atoms with Gasteiger partial charge in [0.05, 0.1) is 18.2 Å². The highest BCUT2D eigenvalue weighted by Crippen LogP contribution is 2.38. The van der Waals surface area contributed by atoms with Crippen LogP contribution in [0, 0.1) is 17.2 Å². The molecule has 8 heteroatoms. The number of carbonyl (C=O) groups is 3. The highest BCUT2D eigenvalue weighted by molar-refractivity contribution is 5.94. The van der Waals surface area contributed by atoms with Crippen LogP contribution in [0.15, 0.2) is 24.3 Å². The SMILES string of the molecule is C[C@H](c1cccc(C(=O)N(C)C)c1)N1C(=O)[C@@H]2C[C@H]1CN2C[C@H](C)C(=O)N1CCC[C@H]1C#N. The summed E-state index contributed by atoms with van der Waals surface area (Å²) in [6.07, 6.45) is 2.39. The van der Waals surface area contributed by atoms with Crippen LogP contribution in [0.25, 0.3) is 0 Å². The van der Waals surface area contributed by atoms with Crippen molar-refractivity contribution in [2.75, 3.05) is 33.7 Å². The summed E-state index contributed by atoms with van der Waals surface area (Å²) in [5.74, 6) is -0.189. The molecule has 0 aromatic heterocycles. The molecule has 3 fully saturated rings. The van der Waals surface area contributed by atoms with Crippen molar-refractivity contribution in [2.45, 2.75) is 57.3 Å². The van der Waals surface area contributed by atoms with Gasteiger partial charge in [0.2, 0.25) is 11.8 Å². The maximum absolute atomic E-state index is 13.3. The summed E-state index contributed by atoms with van der Waals surface area (Å²) < 4.78 is 0. The Hall–Kier alpha value is -2.92. The number of amides is 3. The van der Waals surface area contributed by atoms with Gasteiger partial charge in [0.15, 0.2) is 0 Å². The first kappa shape index (κ1) is 23.2. The Bertz CT molecular complexity index is 986. The lowest BCUT2D eigenvalue weighted by Crippen LogP contribution is -2.53. The number of piperazine rings is 1. The molecule has 3 aliphatic rings. The molecule has 176 valence electrons. The minimum absolute atomic E-state index is 0.0156. The van der Waals surface area contributed by atoms with Crippen molar-refractivity contribution in [1.29, 1.82) is 5.26 Å². The molecule has 4 rings (SSSR count). The van der Waals surface area contributed by atoms with E-state index in [0.717, 1.165) is 31.4 Å². The summed E-state index contributed by atoms with van der Waals surface area (Å²) >= 11 is 0. The first-order chi connectivity index (χ1) is 15.7. The molecule has 3 amide bonds. The first-order valence-electron chi connectivity index (χ1n) is 11.8. The Balaban J connectivity index is 1.41. The van der Waals surface area contributed by atoms with Crippen LogP contribution in [-0.4, -0.2) is 89.2 Å². The van der Waals surface area contributed by atoms with Crippen molar-refractivity contribution in [2.24, 2.45) is 5.92 Å². The number of hydrogen-bond acceptors (Lipinski definition) is 5. The van der Waals surface area contributed by atoms with Crippen LogP contribution in [0.2, 0.25) is 0 Å². The van der Waals surface area contributed by atoms with Gasteiger partial charge in [-0.2, -0.15) is 5.26 Å². The fourth-order valence-electron chi connectivity index (χ4n) is 5.63. The molecular formula is C25H33N5O3. The topological polar surface area (TPSA) is 88.0 Å². The molecule has 2 bridgehead atoms. The molecule has 8 nitrogen and oxygen atoms in total. The average molecular weight is 452 g/mol. The zero-order chi connectivity index (χ0) is 23.9. The molecule has 0 spiro atoms. The second-order valence-electron chi connectivity index (χ2n) is 9.83. The predicted molar refractivity (Wildman–Crippen MR) is 123 cm³/mol. The number of benzene rings is 1. The number of nitriles is 1. The summed E-state index contributed by atoms with van der Waals surface area (Å²) in [5, 5.41) is 9.30. The van der Waals surface area contributed by atoms with Gasteiger partial charge in [-0.3, -0.25) is 19.3 Å². The second kappa shape index (κ2) is 9.14. The Morgan fingerprint density at radius 2 is 2.03 bits per heavy atom. The molecule has 0 N–H and O–H groups in total. The van der Waals surface area contributed by atoms with Gasteiger partial charge < -0.3 is 14.7 Å². The number of likely N-dealkylation sites (tertiary alicyclic amines) is 3. The Morgan fingerprint density at radius 1 is 1.27 bits per heavy atom. The molecule has 3 aliphatic heterocycles. The quantitative estimate of drug-likeness (QED) is 0.659. The van der Waals surface area contributed by atoms with Crippen LogP contribution >= 0.6 is 0 Å². The van der Waals surface area contributed by atoms with E-state index in [1.807, 2.05) is 36.9 Å².